The van der Waals surface area contributed by atoms with Gasteiger partial charge in [0, 0.05) is 23.7 Å². The van der Waals surface area contributed by atoms with Crippen molar-refractivity contribution in [2.24, 2.45) is 0 Å². The van der Waals surface area contributed by atoms with Crippen molar-refractivity contribution in [3.05, 3.63) is 48.3 Å². The number of fused-ring (bicyclic) bond motifs is 1. The number of anilines is 1. The molecule has 1 fully saturated rings. The van der Waals surface area contributed by atoms with E-state index in [4.69, 9.17) is 22.4 Å². The lowest BCUT2D eigenvalue weighted by Crippen LogP contribution is -2.38. The van der Waals surface area contributed by atoms with Crippen molar-refractivity contribution in [2.45, 2.75) is 18.9 Å². The third-order valence-corrected chi connectivity index (χ3v) is 5.18. The Kier molecular flexibility index (Phi) is 4.53. The average molecular weight is 383 g/mol. The number of hydrogen-bond donors (Lipinski definition) is 1. The van der Waals surface area contributed by atoms with Crippen LogP contribution in [0.15, 0.2) is 43.2 Å². The van der Waals surface area contributed by atoms with Crippen molar-refractivity contribution in [1.29, 1.82) is 0 Å². The number of piperidine rings is 1. The zero-order valence-electron chi connectivity index (χ0n) is 14.7. The van der Waals surface area contributed by atoms with Crippen molar-refractivity contribution in [2.75, 3.05) is 18.8 Å². The maximum Gasteiger partial charge on any atom is 0.245 e. The molecule has 0 unspecified atom stereocenters. The summed E-state index contributed by atoms with van der Waals surface area (Å²) in [5, 5.41) is 6.23. The minimum atomic E-state index is -0.0350. The molecule has 0 radical (unpaired) electrons. The van der Waals surface area contributed by atoms with Gasteiger partial charge in [0.15, 0.2) is 5.65 Å². The van der Waals surface area contributed by atoms with E-state index in [1.165, 1.54) is 12.4 Å². The van der Waals surface area contributed by atoms with Crippen LogP contribution in [-0.2, 0) is 4.79 Å². The van der Waals surface area contributed by atoms with Crippen LogP contribution in [0.1, 0.15) is 18.9 Å². The highest BCUT2D eigenvalue weighted by Gasteiger charge is 2.27. The number of amides is 1. The predicted molar refractivity (Wildman–Crippen MR) is 105 cm³/mol. The number of nitrogen functional groups attached to an aromatic ring is 1. The van der Waals surface area contributed by atoms with E-state index in [9.17, 15) is 4.79 Å². The van der Waals surface area contributed by atoms with Gasteiger partial charge in [-0.1, -0.05) is 30.3 Å². The molecule has 27 heavy (non-hydrogen) atoms. The van der Waals surface area contributed by atoms with Crippen LogP contribution in [0, 0.1) is 0 Å². The molecule has 3 heterocycles. The van der Waals surface area contributed by atoms with E-state index in [-0.39, 0.29) is 11.9 Å². The zero-order chi connectivity index (χ0) is 19.0. The SMILES string of the molecule is C=CC(=O)N1CCC(n2nc(-c3ccc(Cl)cc3)c3c(N)ncnc32)CC1. The number of aromatic nitrogens is 4. The van der Waals surface area contributed by atoms with Gasteiger partial charge in [-0.3, -0.25) is 4.79 Å². The Morgan fingerprint density at radius 3 is 2.59 bits per heavy atom. The van der Waals surface area contributed by atoms with Crippen molar-refractivity contribution < 1.29 is 4.79 Å². The molecule has 2 N–H and O–H groups in total. The fraction of sp³-hybridized carbons (Fsp3) is 0.263. The van der Waals surface area contributed by atoms with E-state index in [0.717, 1.165) is 29.5 Å². The summed E-state index contributed by atoms with van der Waals surface area (Å²) in [6.07, 6.45) is 4.40. The fourth-order valence-corrected chi connectivity index (χ4v) is 3.65. The highest BCUT2D eigenvalue weighted by atomic mass is 35.5. The van der Waals surface area contributed by atoms with Crippen LogP contribution in [0.2, 0.25) is 5.02 Å². The normalized spacial score (nSPS) is 15.2. The molecule has 7 nitrogen and oxygen atoms in total. The minimum absolute atomic E-state index is 0.0350. The number of carbonyl (C=O) groups excluding carboxylic acids is 1. The summed E-state index contributed by atoms with van der Waals surface area (Å²) in [5.74, 6) is 0.364. The number of nitrogens with two attached hydrogens (primary N) is 1. The summed E-state index contributed by atoms with van der Waals surface area (Å²) in [6.45, 7) is 4.88. The Bertz CT molecular complexity index is 1000. The molecule has 2 aromatic heterocycles. The minimum Gasteiger partial charge on any atom is -0.383 e. The van der Waals surface area contributed by atoms with Crippen LogP contribution < -0.4 is 5.73 Å². The first-order valence-corrected chi connectivity index (χ1v) is 9.12. The van der Waals surface area contributed by atoms with E-state index in [1.807, 2.05) is 28.9 Å². The van der Waals surface area contributed by atoms with Crippen LogP contribution in [0.4, 0.5) is 5.82 Å². The number of likely N-dealkylation sites (tertiary alicyclic amines) is 1. The standard InChI is InChI=1S/C19H19ClN6O/c1-2-15(27)25-9-7-14(8-10-25)26-19-16(18(21)22-11-23-19)17(24-26)12-3-5-13(20)6-4-12/h2-6,11,14H,1,7-10H2,(H2,21,22,23). The molecule has 3 aromatic rings. The van der Waals surface area contributed by atoms with Crippen molar-refractivity contribution >= 4 is 34.4 Å². The van der Waals surface area contributed by atoms with Crippen LogP contribution >= 0.6 is 11.6 Å². The van der Waals surface area contributed by atoms with Gasteiger partial charge in [-0.2, -0.15) is 5.10 Å². The molecule has 1 saturated heterocycles. The second-order valence-corrected chi connectivity index (χ2v) is 6.95. The van der Waals surface area contributed by atoms with E-state index in [1.54, 1.807) is 4.90 Å². The molecule has 8 heteroatoms. The van der Waals surface area contributed by atoms with Crippen molar-refractivity contribution in [1.82, 2.24) is 24.6 Å². The molecule has 1 aromatic carbocycles. The zero-order valence-corrected chi connectivity index (χ0v) is 15.4. The van der Waals surface area contributed by atoms with E-state index in [0.29, 0.717) is 29.6 Å². The number of rotatable bonds is 3. The Labute approximate surface area is 161 Å². The van der Waals surface area contributed by atoms with E-state index >= 15 is 0 Å². The Balaban J connectivity index is 1.74. The monoisotopic (exact) mass is 382 g/mol. The number of benzene rings is 1. The summed E-state index contributed by atoms with van der Waals surface area (Å²) in [6, 6.07) is 7.59. The fourth-order valence-electron chi connectivity index (χ4n) is 3.52. The topological polar surface area (TPSA) is 89.9 Å². The Morgan fingerprint density at radius 2 is 1.93 bits per heavy atom. The van der Waals surface area contributed by atoms with Gasteiger partial charge < -0.3 is 10.6 Å². The van der Waals surface area contributed by atoms with Crippen LogP contribution in [-0.4, -0.2) is 43.6 Å². The molecule has 138 valence electrons. The van der Waals surface area contributed by atoms with Gasteiger partial charge in [-0.05, 0) is 31.1 Å². The molecule has 1 aliphatic heterocycles. The van der Waals surface area contributed by atoms with Gasteiger partial charge in [-0.15, -0.1) is 0 Å². The molecule has 1 amide bonds. The highest BCUT2D eigenvalue weighted by Crippen LogP contribution is 2.34. The van der Waals surface area contributed by atoms with Gasteiger partial charge in [0.25, 0.3) is 0 Å². The predicted octanol–water partition coefficient (Wildman–Crippen LogP) is 3.08. The second kappa shape index (κ2) is 7.00. The summed E-state index contributed by atoms with van der Waals surface area (Å²) in [4.78, 5) is 22.2. The largest absolute Gasteiger partial charge is 0.383 e. The number of nitrogens with zero attached hydrogens (tertiary/aromatic N) is 5. The molecule has 0 saturated carbocycles. The smallest absolute Gasteiger partial charge is 0.245 e. The lowest BCUT2D eigenvalue weighted by atomic mass is 10.1. The molecule has 4 rings (SSSR count). The lowest BCUT2D eigenvalue weighted by molar-refractivity contribution is -0.127. The van der Waals surface area contributed by atoms with Gasteiger partial charge in [0.05, 0.1) is 11.4 Å². The quantitative estimate of drug-likeness (QED) is 0.703. The molecule has 0 bridgehead atoms. The average Bonchev–Trinajstić information content (AvgIpc) is 3.09. The summed E-state index contributed by atoms with van der Waals surface area (Å²) in [5.41, 5.74) is 8.51. The Morgan fingerprint density at radius 1 is 1.22 bits per heavy atom. The maximum absolute atomic E-state index is 11.8. The summed E-state index contributed by atoms with van der Waals surface area (Å²) >= 11 is 6.01. The van der Waals surface area contributed by atoms with Gasteiger partial charge in [0.2, 0.25) is 5.91 Å². The third-order valence-electron chi connectivity index (χ3n) is 4.93. The molecular formula is C19H19ClN6O. The second-order valence-electron chi connectivity index (χ2n) is 6.52. The van der Waals surface area contributed by atoms with Crippen molar-refractivity contribution in [3.63, 3.8) is 0 Å². The van der Waals surface area contributed by atoms with E-state index < -0.39 is 0 Å². The number of halogens is 1. The van der Waals surface area contributed by atoms with Gasteiger partial charge >= 0.3 is 0 Å². The molecule has 0 aliphatic carbocycles. The molecular weight excluding hydrogens is 364 g/mol. The van der Waals surface area contributed by atoms with Gasteiger partial charge in [0.1, 0.15) is 17.8 Å². The van der Waals surface area contributed by atoms with E-state index in [2.05, 4.69) is 16.5 Å². The first-order chi connectivity index (χ1) is 13.1. The van der Waals surface area contributed by atoms with Crippen LogP contribution in [0.25, 0.3) is 22.3 Å². The summed E-state index contributed by atoms with van der Waals surface area (Å²) < 4.78 is 1.92. The highest BCUT2D eigenvalue weighted by molar-refractivity contribution is 6.30. The molecule has 1 aliphatic rings. The first kappa shape index (κ1) is 17.5. The number of carbonyl (C=O) groups is 1. The van der Waals surface area contributed by atoms with Crippen molar-refractivity contribution in [3.8, 4) is 11.3 Å². The molecule has 0 spiro atoms. The maximum atomic E-state index is 11.8. The molecule has 0 atom stereocenters. The summed E-state index contributed by atoms with van der Waals surface area (Å²) in [7, 11) is 0. The lowest BCUT2D eigenvalue weighted by Gasteiger charge is -2.31. The van der Waals surface area contributed by atoms with Crippen LogP contribution in [0.5, 0.6) is 0 Å². The Hall–Kier alpha value is -2.93. The first-order valence-electron chi connectivity index (χ1n) is 8.74. The number of hydrogen-bond acceptors (Lipinski definition) is 5. The third kappa shape index (κ3) is 3.14. The van der Waals surface area contributed by atoms with Gasteiger partial charge in [-0.25, -0.2) is 14.6 Å². The van der Waals surface area contributed by atoms with Crippen LogP contribution in [0.3, 0.4) is 0 Å².